The number of nitrogens with zero attached hydrogens (tertiary/aromatic N) is 2. The van der Waals surface area contributed by atoms with E-state index >= 15 is 0 Å². The summed E-state index contributed by atoms with van der Waals surface area (Å²) < 4.78 is 7.90. The molecular weight excluding hydrogens is 388 g/mol. The molecule has 0 saturated heterocycles. The second kappa shape index (κ2) is 9.23. The van der Waals surface area contributed by atoms with Crippen LogP contribution in [-0.4, -0.2) is 0 Å². The molecule has 2 heteroatoms. The van der Waals surface area contributed by atoms with Crippen molar-refractivity contribution >= 4 is 34.1 Å². The minimum atomic E-state index is 0.500. The third kappa shape index (κ3) is 4.12. The summed E-state index contributed by atoms with van der Waals surface area (Å²) in [6.45, 7) is 0. The lowest BCUT2D eigenvalue weighted by Crippen LogP contribution is -2.13. The molecule has 0 saturated carbocycles. The first-order chi connectivity index (χ1) is 16.3. The average molecular weight is 415 g/mol. The number of hydrogen-bond acceptors (Lipinski definition) is 2. The zero-order valence-electron chi connectivity index (χ0n) is 18.7. The fraction of sp³-hybridized carbons (Fsp3) is 0. The maximum absolute atomic E-state index is 7.90. The quantitative estimate of drug-likeness (QED) is 0.274. The molecule has 0 aliphatic carbocycles. The van der Waals surface area contributed by atoms with Gasteiger partial charge in [0.25, 0.3) is 0 Å². The van der Waals surface area contributed by atoms with Gasteiger partial charge in [-0.3, -0.25) is 0 Å². The van der Waals surface area contributed by atoms with Crippen molar-refractivity contribution < 1.29 is 1.37 Å². The van der Waals surface area contributed by atoms with Crippen LogP contribution in [0.25, 0.3) is 0 Å². The zero-order valence-corrected chi connectivity index (χ0v) is 17.7. The van der Waals surface area contributed by atoms with Gasteiger partial charge in [-0.15, -0.1) is 0 Å². The van der Waals surface area contributed by atoms with Crippen molar-refractivity contribution in [1.82, 2.24) is 0 Å². The summed E-state index contributed by atoms with van der Waals surface area (Å²) in [5, 5.41) is 0. The highest BCUT2D eigenvalue weighted by atomic mass is 15.2. The highest BCUT2D eigenvalue weighted by Gasteiger charge is 2.16. The Balaban J connectivity index is 1.65. The molecule has 154 valence electrons. The Hall–Kier alpha value is -4.30. The van der Waals surface area contributed by atoms with Crippen molar-refractivity contribution in [3.05, 3.63) is 146 Å². The molecule has 0 bridgehead atoms. The van der Waals surface area contributed by atoms with E-state index in [1.165, 1.54) is 0 Å². The molecular formula is C30H24N2. The molecule has 2 nitrogen and oxygen atoms in total. The molecule has 0 aromatic heterocycles. The van der Waals surface area contributed by atoms with Gasteiger partial charge in [0.05, 0.1) is 1.37 Å². The summed E-state index contributed by atoms with van der Waals surface area (Å²) in [6, 6.07) is 47.9. The highest BCUT2D eigenvalue weighted by molar-refractivity contribution is 5.82. The van der Waals surface area contributed by atoms with Crippen LogP contribution >= 0.6 is 0 Å². The third-order valence-corrected chi connectivity index (χ3v) is 5.35. The van der Waals surface area contributed by atoms with Crippen LogP contribution in [-0.2, 0) is 0 Å². The van der Waals surface area contributed by atoms with Crippen LogP contribution in [0.3, 0.4) is 0 Å². The Morgan fingerprint density at radius 2 is 0.656 bits per heavy atom. The van der Waals surface area contributed by atoms with Crippen LogP contribution in [0.4, 0.5) is 34.1 Å². The van der Waals surface area contributed by atoms with E-state index in [2.05, 4.69) is 94.7 Å². The third-order valence-electron chi connectivity index (χ3n) is 5.35. The maximum atomic E-state index is 7.90. The molecule has 32 heavy (non-hydrogen) atoms. The Morgan fingerprint density at radius 1 is 0.344 bits per heavy atom. The van der Waals surface area contributed by atoms with Gasteiger partial charge in [-0.2, -0.15) is 0 Å². The van der Waals surface area contributed by atoms with E-state index in [0.29, 0.717) is 6.04 Å². The standard InChI is InChI=1S/C30H24N2/c1-5-14-25(15-6-1)31(26-16-7-2-8-17-26)29-22-13-23-30(24-29)32(27-18-9-3-10-19-27)28-20-11-4-12-21-28/h1-24H/i1T. The van der Waals surface area contributed by atoms with Gasteiger partial charge in [-0.05, 0) is 66.7 Å². The second-order valence-corrected chi connectivity index (χ2v) is 7.46. The monoisotopic (exact) mass is 414 g/mol. The van der Waals surface area contributed by atoms with Gasteiger partial charge >= 0.3 is 0 Å². The smallest absolute Gasteiger partial charge is 0.0623 e. The van der Waals surface area contributed by atoms with Crippen molar-refractivity contribution in [2.45, 2.75) is 0 Å². The largest absolute Gasteiger partial charge is 0.310 e. The van der Waals surface area contributed by atoms with Gasteiger partial charge in [0, 0.05) is 34.1 Å². The number of benzene rings is 5. The summed E-state index contributed by atoms with van der Waals surface area (Å²) in [5.74, 6) is 0. The van der Waals surface area contributed by atoms with Crippen LogP contribution in [0, 0.1) is 0 Å². The second-order valence-electron chi connectivity index (χ2n) is 7.46. The Kier molecular flexibility index (Phi) is 5.33. The van der Waals surface area contributed by atoms with Gasteiger partial charge in [-0.1, -0.05) is 78.8 Å². The van der Waals surface area contributed by atoms with Gasteiger partial charge in [0.15, 0.2) is 0 Å². The van der Waals surface area contributed by atoms with E-state index < -0.39 is 0 Å². The number of rotatable bonds is 6. The van der Waals surface area contributed by atoms with Gasteiger partial charge in [-0.25, -0.2) is 0 Å². The number of para-hydroxylation sites is 4. The first-order valence-corrected chi connectivity index (χ1v) is 10.7. The molecule has 5 rings (SSSR count). The number of hydrogen-bond donors (Lipinski definition) is 0. The Labute approximate surface area is 191 Å². The molecule has 0 spiro atoms. The lowest BCUT2D eigenvalue weighted by atomic mass is 10.1. The Bertz CT molecular complexity index is 1260. The molecule has 0 radical (unpaired) electrons. The summed E-state index contributed by atoms with van der Waals surface area (Å²) in [7, 11) is 0. The fourth-order valence-corrected chi connectivity index (χ4v) is 3.92. The molecule has 0 aliphatic heterocycles. The van der Waals surface area contributed by atoms with Crippen molar-refractivity contribution in [3.8, 4) is 0 Å². The molecule has 0 fully saturated rings. The van der Waals surface area contributed by atoms with E-state index in [-0.39, 0.29) is 0 Å². The van der Waals surface area contributed by atoms with Crippen molar-refractivity contribution in [3.63, 3.8) is 0 Å². The first-order valence-electron chi connectivity index (χ1n) is 11.2. The van der Waals surface area contributed by atoms with Crippen molar-refractivity contribution in [2.75, 3.05) is 9.80 Å². The number of anilines is 6. The molecule has 0 unspecified atom stereocenters. The van der Waals surface area contributed by atoms with Crippen molar-refractivity contribution in [2.24, 2.45) is 0 Å². The normalized spacial score (nSPS) is 10.9. The minimum absolute atomic E-state index is 0.500. The van der Waals surface area contributed by atoms with Crippen LogP contribution < -0.4 is 9.80 Å². The van der Waals surface area contributed by atoms with E-state index in [1.54, 1.807) is 0 Å². The summed E-state index contributed by atoms with van der Waals surface area (Å²) in [5.41, 5.74) is 6.41. The zero-order chi connectivity index (χ0) is 22.5. The lowest BCUT2D eigenvalue weighted by molar-refractivity contribution is 1.25. The molecule has 0 heterocycles. The van der Waals surface area contributed by atoms with Crippen molar-refractivity contribution in [1.29, 1.82) is 0 Å². The fourth-order valence-electron chi connectivity index (χ4n) is 3.92. The molecule has 5 aromatic rings. The lowest BCUT2D eigenvalue weighted by Gasteiger charge is -2.29. The molecule has 0 atom stereocenters. The van der Waals surface area contributed by atoms with Crippen LogP contribution in [0.1, 0.15) is 1.37 Å². The minimum Gasteiger partial charge on any atom is -0.310 e. The first kappa shape index (κ1) is 18.5. The van der Waals surface area contributed by atoms with Crippen LogP contribution in [0.5, 0.6) is 0 Å². The van der Waals surface area contributed by atoms with E-state index in [0.717, 1.165) is 34.1 Å². The van der Waals surface area contributed by atoms with Crippen LogP contribution in [0.2, 0.25) is 0 Å². The summed E-state index contributed by atoms with van der Waals surface area (Å²) in [4.78, 5) is 4.48. The predicted molar refractivity (Wildman–Crippen MR) is 136 cm³/mol. The molecule has 0 aliphatic rings. The molecule has 0 amide bonds. The van der Waals surface area contributed by atoms with E-state index in [1.807, 2.05) is 54.6 Å². The van der Waals surface area contributed by atoms with Gasteiger partial charge in [0.1, 0.15) is 0 Å². The highest BCUT2D eigenvalue weighted by Crippen LogP contribution is 2.39. The van der Waals surface area contributed by atoms with Gasteiger partial charge in [0.2, 0.25) is 0 Å². The predicted octanol–water partition coefficient (Wildman–Crippen LogP) is 8.63. The average Bonchev–Trinajstić information content (AvgIpc) is 2.88. The van der Waals surface area contributed by atoms with E-state index in [9.17, 15) is 0 Å². The SMILES string of the molecule is [3H]c1ccc(N(c2ccccc2)c2cccc(N(c3ccccc3)c3ccccc3)c2)cc1. The summed E-state index contributed by atoms with van der Waals surface area (Å²) >= 11 is 0. The topological polar surface area (TPSA) is 6.48 Å². The maximum Gasteiger partial charge on any atom is 0.0623 e. The van der Waals surface area contributed by atoms with Gasteiger partial charge < -0.3 is 9.80 Å². The van der Waals surface area contributed by atoms with E-state index in [4.69, 9.17) is 1.37 Å². The van der Waals surface area contributed by atoms with Crippen LogP contribution in [0.15, 0.2) is 146 Å². The molecule has 5 aromatic carbocycles. The molecule has 0 N–H and O–H groups in total. The summed E-state index contributed by atoms with van der Waals surface area (Å²) in [6.07, 6.45) is 0. The Morgan fingerprint density at radius 3 is 1.03 bits per heavy atom.